The Bertz CT molecular complexity index is 830. The van der Waals surface area contributed by atoms with E-state index in [0.717, 1.165) is 17.9 Å². The van der Waals surface area contributed by atoms with Crippen molar-refractivity contribution in [2.45, 2.75) is 86.6 Å². The molecule has 33 heavy (non-hydrogen) atoms. The van der Waals surface area contributed by atoms with Gasteiger partial charge in [-0.3, -0.25) is 4.99 Å². The van der Waals surface area contributed by atoms with Crippen LogP contribution in [0.15, 0.2) is 59.6 Å². The molecule has 0 aliphatic heterocycles. The zero-order chi connectivity index (χ0) is 25.0. The summed E-state index contributed by atoms with van der Waals surface area (Å²) in [5, 5.41) is 9.41. The van der Waals surface area contributed by atoms with Gasteiger partial charge in [0.25, 0.3) is 0 Å². The molecule has 2 aromatic carbocycles. The van der Waals surface area contributed by atoms with Crippen molar-refractivity contribution < 1.29 is 9.90 Å². The van der Waals surface area contributed by atoms with Gasteiger partial charge in [0.2, 0.25) is 0 Å². The second kappa shape index (κ2) is 14.0. The van der Waals surface area contributed by atoms with Crippen LogP contribution in [0.4, 0.5) is 0 Å². The molecule has 0 radical (unpaired) electrons. The largest absolute Gasteiger partial charge is 0.480 e. The third kappa shape index (κ3) is 13.0. The minimum absolute atomic E-state index is 0.197. The normalized spacial score (nSPS) is 13.6. The maximum absolute atomic E-state index is 11.5. The van der Waals surface area contributed by atoms with Crippen LogP contribution < -0.4 is 0 Å². The Labute approximate surface area is 202 Å². The second-order valence-electron chi connectivity index (χ2n) is 11.1. The van der Waals surface area contributed by atoms with Crippen molar-refractivity contribution in [2.75, 3.05) is 0 Å². The standard InChI is InChI=1S/C22H27NO2.C8H18/c1-16(2)20-11-9-19(10-12-20)13-17(3)15-23-21(22(24)25)14-18-7-5-4-6-8-18;1-7(2)6-8(3,4)5/h4-12,15-17,21H,13-14H2,1-3H3,(H,24,25);7H,6H2,1-5H3. The lowest BCUT2D eigenvalue weighted by atomic mass is 9.86. The van der Waals surface area contributed by atoms with E-state index in [1.54, 1.807) is 6.21 Å². The minimum atomic E-state index is -0.881. The Hall–Kier alpha value is -2.42. The molecule has 3 heteroatoms. The van der Waals surface area contributed by atoms with Crippen LogP contribution in [0, 0.1) is 17.3 Å². The highest BCUT2D eigenvalue weighted by atomic mass is 16.4. The van der Waals surface area contributed by atoms with E-state index in [2.05, 4.69) is 84.6 Å². The molecular weight excluding hydrogens is 406 g/mol. The van der Waals surface area contributed by atoms with Gasteiger partial charge in [-0.1, -0.05) is 110 Å². The molecule has 2 rings (SSSR count). The Morgan fingerprint density at radius 3 is 1.85 bits per heavy atom. The first-order valence-corrected chi connectivity index (χ1v) is 12.3. The van der Waals surface area contributed by atoms with Crippen LogP contribution in [-0.4, -0.2) is 23.3 Å². The molecule has 182 valence electrons. The van der Waals surface area contributed by atoms with Gasteiger partial charge >= 0.3 is 5.97 Å². The molecular formula is C30H45NO2. The first kappa shape index (κ1) is 28.6. The van der Waals surface area contributed by atoms with Crippen molar-refractivity contribution in [2.24, 2.45) is 22.2 Å². The third-order valence-corrected chi connectivity index (χ3v) is 5.30. The molecule has 0 fully saturated rings. The van der Waals surface area contributed by atoms with Gasteiger partial charge in [0, 0.05) is 12.6 Å². The zero-order valence-corrected chi connectivity index (χ0v) is 22.0. The SMILES string of the molecule is CC(C)CC(C)(C)C.CC(C=NC(Cc1ccccc1)C(=O)O)Cc1ccc(C(C)C)cc1. The maximum atomic E-state index is 11.5. The van der Waals surface area contributed by atoms with Crippen LogP contribution in [0.1, 0.15) is 84.4 Å². The molecule has 0 heterocycles. The first-order valence-electron chi connectivity index (χ1n) is 12.3. The second-order valence-corrected chi connectivity index (χ2v) is 11.1. The summed E-state index contributed by atoms with van der Waals surface area (Å²) in [6.07, 6.45) is 4.40. The average Bonchev–Trinajstić information content (AvgIpc) is 2.70. The summed E-state index contributed by atoms with van der Waals surface area (Å²) in [7, 11) is 0. The van der Waals surface area contributed by atoms with E-state index in [9.17, 15) is 9.90 Å². The van der Waals surface area contributed by atoms with Crippen LogP contribution in [0.25, 0.3) is 0 Å². The van der Waals surface area contributed by atoms with Crippen molar-refractivity contribution in [1.29, 1.82) is 0 Å². The molecule has 2 aromatic rings. The summed E-state index contributed by atoms with van der Waals surface area (Å²) in [5.74, 6) is 0.688. The molecule has 0 aliphatic rings. The number of benzene rings is 2. The lowest BCUT2D eigenvalue weighted by Gasteiger charge is -2.19. The molecule has 0 saturated carbocycles. The van der Waals surface area contributed by atoms with Crippen LogP contribution in [-0.2, 0) is 17.6 Å². The fraction of sp³-hybridized carbons (Fsp3) is 0.533. The molecule has 0 aliphatic carbocycles. The van der Waals surface area contributed by atoms with E-state index in [1.165, 1.54) is 17.5 Å². The Kier molecular flexibility index (Phi) is 12.1. The van der Waals surface area contributed by atoms with Gasteiger partial charge < -0.3 is 5.11 Å². The number of hydrogen-bond donors (Lipinski definition) is 1. The number of nitrogens with zero attached hydrogens (tertiary/aromatic N) is 1. The number of carboxylic acid groups (broad SMARTS) is 1. The number of rotatable bonds is 9. The predicted octanol–water partition coefficient (Wildman–Crippen LogP) is 7.83. The van der Waals surface area contributed by atoms with Gasteiger partial charge in [-0.2, -0.15) is 0 Å². The number of carbonyl (C=O) groups is 1. The third-order valence-electron chi connectivity index (χ3n) is 5.30. The van der Waals surface area contributed by atoms with Crippen LogP contribution in [0.2, 0.25) is 0 Å². The van der Waals surface area contributed by atoms with E-state index < -0.39 is 12.0 Å². The van der Waals surface area contributed by atoms with Gasteiger partial charge in [0.15, 0.2) is 6.04 Å². The summed E-state index contributed by atoms with van der Waals surface area (Å²) in [6.45, 7) is 17.8. The highest BCUT2D eigenvalue weighted by Crippen LogP contribution is 2.23. The smallest absolute Gasteiger partial charge is 0.328 e. The quantitative estimate of drug-likeness (QED) is 0.395. The predicted molar refractivity (Wildman–Crippen MR) is 142 cm³/mol. The fourth-order valence-electron chi connectivity index (χ4n) is 3.98. The van der Waals surface area contributed by atoms with Crippen molar-refractivity contribution >= 4 is 12.2 Å². The van der Waals surface area contributed by atoms with Gasteiger partial charge in [-0.15, -0.1) is 0 Å². The van der Waals surface area contributed by atoms with Crippen LogP contribution in [0.5, 0.6) is 0 Å². The minimum Gasteiger partial charge on any atom is -0.480 e. The number of aliphatic carboxylic acids is 1. The zero-order valence-electron chi connectivity index (χ0n) is 22.0. The van der Waals surface area contributed by atoms with Gasteiger partial charge in [-0.05, 0) is 52.7 Å². The average molecular weight is 452 g/mol. The van der Waals surface area contributed by atoms with Crippen molar-refractivity contribution in [3.63, 3.8) is 0 Å². The maximum Gasteiger partial charge on any atom is 0.328 e. The molecule has 1 N–H and O–H groups in total. The number of aliphatic imine (C=N–C) groups is 1. The highest BCUT2D eigenvalue weighted by molar-refractivity contribution is 5.77. The lowest BCUT2D eigenvalue weighted by molar-refractivity contribution is -0.138. The van der Waals surface area contributed by atoms with Crippen molar-refractivity contribution in [3.8, 4) is 0 Å². The summed E-state index contributed by atoms with van der Waals surface area (Å²) in [6, 6.07) is 17.5. The van der Waals surface area contributed by atoms with E-state index in [1.807, 2.05) is 30.3 Å². The van der Waals surface area contributed by atoms with Crippen LogP contribution >= 0.6 is 0 Å². The summed E-state index contributed by atoms with van der Waals surface area (Å²) in [4.78, 5) is 15.8. The van der Waals surface area contributed by atoms with Crippen LogP contribution in [0.3, 0.4) is 0 Å². The van der Waals surface area contributed by atoms with E-state index >= 15 is 0 Å². The molecule has 0 amide bonds. The van der Waals surface area contributed by atoms with Gasteiger partial charge in [-0.25, -0.2) is 4.79 Å². The highest BCUT2D eigenvalue weighted by Gasteiger charge is 2.16. The summed E-state index contributed by atoms with van der Waals surface area (Å²) < 4.78 is 0. The van der Waals surface area contributed by atoms with Gasteiger partial charge in [0.1, 0.15) is 0 Å². The molecule has 0 aromatic heterocycles. The summed E-state index contributed by atoms with van der Waals surface area (Å²) >= 11 is 0. The summed E-state index contributed by atoms with van der Waals surface area (Å²) in [5.41, 5.74) is 4.09. The lowest BCUT2D eigenvalue weighted by Crippen LogP contribution is -2.21. The molecule has 0 bridgehead atoms. The molecule has 0 saturated heterocycles. The van der Waals surface area contributed by atoms with E-state index in [0.29, 0.717) is 17.8 Å². The first-order chi connectivity index (χ1) is 15.4. The monoisotopic (exact) mass is 451 g/mol. The Balaban J connectivity index is 0.000000582. The van der Waals surface area contributed by atoms with Crippen molar-refractivity contribution in [1.82, 2.24) is 0 Å². The van der Waals surface area contributed by atoms with E-state index in [-0.39, 0.29) is 5.92 Å². The number of hydrogen-bond acceptors (Lipinski definition) is 2. The fourth-order valence-corrected chi connectivity index (χ4v) is 3.98. The molecule has 0 spiro atoms. The Morgan fingerprint density at radius 2 is 1.42 bits per heavy atom. The van der Waals surface area contributed by atoms with E-state index in [4.69, 9.17) is 0 Å². The topological polar surface area (TPSA) is 49.7 Å². The van der Waals surface area contributed by atoms with Gasteiger partial charge in [0.05, 0.1) is 0 Å². The number of carboxylic acids is 1. The molecule has 3 nitrogen and oxygen atoms in total. The van der Waals surface area contributed by atoms with Crippen molar-refractivity contribution in [3.05, 3.63) is 71.3 Å². The molecule has 2 unspecified atom stereocenters. The molecule has 2 atom stereocenters. The Morgan fingerprint density at radius 1 is 0.879 bits per heavy atom.